The maximum absolute atomic E-state index is 14.3. The van der Waals surface area contributed by atoms with Crippen LogP contribution in [0.1, 0.15) is 124 Å². The van der Waals surface area contributed by atoms with E-state index >= 15 is 0 Å². The monoisotopic (exact) mass is 1040 g/mol. The SMILES string of the molecule is COC(=O)c1ccc2c(c1)CC(Br)=C2C1CCCCC1.COC(=O)c1ccc2c(c1)CC(c1ccc(F)cc1OCc1ccccc1)=C2C1CCCCC1.O.O.[B]c1ccc(F)cc1OCc1ccccc1. The average molecular weight is 1040 g/mol. The lowest BCUT2D eigenvalue weighted by molar-refractivity contribution is 0.0591. The molecule has 72 heavy (non-hydrogen) atoms. The molecule has 4 aliphatic carbocycles. The second-order valence-corrected chi connectivity index (χ2v) is 19.3. The summed E-state index contributed by atoms with van der Waals surface area (Å²) in [6.07, 6.45) is 14.3. The fraction of sp³-hybridized carbons (Fsp3) is 0.300. The Morgan fingerprint density at radius 1 is 0.542 bits per heavy atom. The highest BCUT2D eigenvalue weighted by Gasteiger charge is 2.32. The van der Waals surface area contributed by atoms with Gasteiger partial charge in [0.25, 0.3) is 0 Å². The minimum absolute atomic E-state index is 0. The Morgan fingerprint density at radius 2 is 0.986 bits per heavy atom. The second-order valence-electron chi connectivity index (χ2n) is 18.3. The average Bonchev–Trinajstić information content (AvgIpc) is 3.95. The van der Waals surface area contributed by atoms with E-state index in [9.17, 15) is 18.4 Å². The molecule has 0 spiro atoms. The number of benzene rings is 6. The third-order valence-electron chi connectivity index (χ3n) is 13.7. The molecule has 2 radical (unpaired) electrons. The predicted octanol–water partition coefficient (Wildman–Crippen LogP) is 12.5. The van der Waals surface area contributed by atoms with Gasteiger partial charge in [-0.3, -0.25) is 0 Å². The van der Waals surface area contributed by atoms with Gasteiger partial charge < -0.3 is 29.9 Å². The van der Waals surface area contributed by atoms with E-state index in [0.717, 1.165) is 41.5 Å². The van der Waals surface area contributed by atoms with Crippen molar-refractivity contribution in [2.45, 2.75) is 90.3 Å². The van der Waals surface area contributed by atoms with Crippen molar-refractivity contribution < 1.29 is 48.3 Å². The third-order valence-corrected chi connectivity index (χ3v) is 14.4. The van der Waals surface area contributed by atoms with Crippen LogP contribution in [0, 0.1) is 23.5 Å². The lowest BCUT2D eigenvalue weighted by Crippen LogP contribution is -2.09. The molecule has 6 aromatic rings. The first-order chi connectivity index (χ1) is 34.1. The van der Waals surface area contributed by atoms with E-state index in [2.05, 4.69) is 28.1 Å². The molecule has 0 aliphatic heterocycles. The van der Waals surface area contributed by atoms with Crippen LogP contribution < -0.4 is 14.9 Å². The van der Waals surface area contributed by atoms with Crippen LogP contribution in [0.2, 0.25) is 0 Å². The maximum atomic E-state index is 14.3. The van der Waals surface area contributed by atoms with Crippen LogP contribution in [-0.4, -0.2) is 45.0 Å². The van der Waals surface area contributed by atoms with E-state index in [1.54, 1.807) is 0 Å². The first-order valence-electron chi connectivity index (χ1n) is 24.3. The van der Waals surface area contributed by atoms with Crippen molar-refractivity contribution in [2.24, 2.45) is 11.8 Å². The Kier molecular flexibility index (Phi) is 20.2. The summed E-state index contributed by atoms with van der Waals surface area (Å²) >= 11 is 3.76. The number of carbonyl (C=O) groups is 2. The molecule has 6 aromatic carbocycles. The molecular weight excluding hydrogens is 977 g/mol. The van der Waals surface area contributed by atoms with Crippen molar-refractivity contribution in [1.82, 2.24) is 0 Å². The molecule has 4 N–H and O–H groups in total. The van der Waals surface area contributed by atoms with E-state index in [0.29, 0.717) is 59.6 Å². The summed E-state index contributed by atoms with van der Waals surface area (Å²) in [5.74, 6) is 0.841. The Hall–Kier alpha value is -6.34. The fourth-order valence-corrected chi connectivity index (χ4v) is 11.1. The van der Waals surface area contributed by atoms with Crippen molar-refractivity contribution in [3.63, 3.8) is 0 Å². The summed E-state index contributed by atoms with van der Waals surface area (Å²) in [7, 11) is 8.49. The van der Waals surface area contributed by atoms with Crippen LogP contribution in [0.15, 0.2) is 138 Å². The quantitative estimate of drug-likeness (QED) is 0.0937. The van der Waals surface area contributed by atoms with Gasteiger partial charge in [-0.15, -0.1) is 0 Å². The van der Waals surface area contributed by atoms with E-state index in [-0.39, 0.29) is 34.5 Å². The number of esters is 2. The van der Waals surface area contributed by atoms with Gasteiger partial charge in [-0.1, -0.05) is 139 Å². The van der Waals surface area contributed by atoms with Crippen LogP contribution in [0.3, 0.4) is 0 Å². The molecule has 0 heterocycles. The fourth-order valence-electron chi connectivity index (χ4n) is 10.3. The van der Waals surface area contributed by atoms with Gasteiger partial charge in [0.1, 0.15) is 44.2 Å². The Labute approximate surface area is 431 Å². The molecule has 374 valence electrons. The van der Waals surface area contributed by atoms with E-state index < -0.39 is 0 Å². The van der Waals surface area contributed by atoms with Gasteiger partial charge in [0.15, 0.2) is 0 Å². The Morgan fingerprint density at radius 3 is 1.51 bits per heavy atom. The summed E-state index contributed by atoms with van der Waals surface area (Å²) in [5.41, 5.74) is 13.6. The van der Waals surface area contributed by atoms with Gasteiger partial charge in [0.05, 0.1) is 25.3 Å². The first-order valence-corrected chi connectivity index (χ1v) is 25.1. The lowest BCUT2D eigenvalue weighted by Gasteiger charge is -2.26. The standard InChI is InChI=1S/C30H29FO3.C17H19BrO2.C13H10BFO.2H2O/c1-33-30(32)22-12-14-25-23(16-22)17-27(29(25)21-10-6-3-7-11-21)26-15-13-24(31)18-28(26)34-19-20-8-4-2-5-9-20;1-20-17(19)12-7-8-14-13(9-12)10-15(18)16(14)11-5-3-2-4-6-11;14-12-7-6-11(15)8-13(12)16-9-10-4-2-1-3-5-10;;/h2,4-5,8-9,12-16,18,21H,3,6-7,10-11,17,19H2,1H3;7-9,11H,2-6,10H2,1H3;1-8H,9H2;2*1H2. The molecule has 4 aliphatic rings. The maximum Gasteiger partial charge on any atom is 0.337 e. The molecule has 0 aromatic heterocycles. The molecule has 0 atom stereocenters. The molecule has 8 nitrogen and oxygen atoms in total. The Bertz CT molecular complexity index is 2860. The van der Waals surface area contributed by atoms with Crippen LogP contribution in [-0.2, 0) is 35.5 Å². The van der Waals surface area contributed by atoms with Crippen LogP contribution >= 0.6 is 15.9 Å². The minimum Gasteiger partial charge on any atom is -0.489 e. The van der Waals surface area contributed by atoms with E-state index in [1.807, 2.05) is 91.0 Å². The van der Waals surface area contributed by atoms with Gasteiger partial charge >= 0.3 is 11.9 Å². The van der Waals surface area contributed by atoms with E-state index in [1.165, 1.54) is 134 Å². The molecular formula is C60H62BBrF2O8. The van der Waals surface area contributed by atoms with Gasteiger partial charge in [0.2, 0.25) is 0 Å². The predicted molar refractivity (Wildman–Crippen MR) is 286 cm³/mol. The van der Waals surface area contributed by atoms with E-state index in [4.69, 9.17) is 26.8 Å². The van der Waals surface area contributed by atoms with Gasteiger partial charge in [-0.05, 0) is 137 Å². The highest BCUT2D eigenvalue weighted by molar-refractivity contribution is 9.11. The summed E-state index contributed by atoms with van der Waals surface area (Å²) in [6.45, 7) is 0.761. The number of ether oxygens (including phenoxy) is 4. The van der Waals surface area contributed by atoms with Crippen LogP contribution in [0.5, 0.6) is 11.5 Å². The lowest BCUT2D eigenvalue weighted by atomic mass is 9.79. The number of hydrogen-bond donors (Lipinski definition) is 0. The van der Waals surface area contributed by atoms with Gasteiger partial charge in [0, 0.05) is 28.6 Å². The van der Waals surface area contributed by atoms with Crippen molar-refractivity contribution in [1.29, 1.82) is 0 Å². The first kappa shape index (κ1) is 55.0. The topological polar surface area (TPSA) is 134 Å². The van der Waals surface area contributed by atoms with Crippen molar-refractivity contribution in [2.75, 3.05) is 14.2 Å². The number of rotatable bonds is 11. The zero-order valence-electron chi connectivity index (χ0n) is 40.9. The van der Waals surface area contributed by atoms with Gasteiger partial charge in [-0.2, -0.15) is 0 Å². The molecule has 0 bridgehead atoms. The molecule has 12 heteroatoms. The number of hydrogen-bond acceptors (Lipinski definition) is 6. The van der Waals surface area contributed by atoms with Crippen molar-refractivity contribution >= 4 is 57.9 Å². The molecule has 0 amide bonds. The summed E-state index contributed by atoms with van der Waals surface area (Å²) in [5, 5.41) is 0. The Balaban J connectivity index is 0.000000190. The van der Waals surface area contributed by atoms with Crippen molar-refractivity contribution in [3.05, 3.63) is 200 Å². The smallest absolute Gasteiger partial charge is 0.337 e. The van der Waals surface area contributed by atoms with Crippen LogP contribution in [0.25, 0.3) is 16.7 Å². The molecule has 2 fully saturated rings. The minimum atomic E-state index is -0.350. The number of allylic oxidation sites excluding steroid dienone is 4. The molecule has 10 rings (SSSR count). The normalized spacial score (nSPS) is 15.0. The van der Waals surface area contributed by atoms with Gasteiger partial charge in [-0.25, -0.2) is 18.4 Å². The number of methoxy groups -OCH3 is 2. The highest BCUT2D eigenvalue weighted by atomic mass is 79.9. The summed E-state index contributed by atoms with van der Waals surface area (Å²) in [4.78, 5) is 23.8. The molecule has 0 unspecified atom stereocenters. The molecule has 2 saturated carbocycles. The zero-order chi connectivity index (χ0) is 49.0. The van der Waals surface area contributed by atoms with Crippen LogP contribution in [0.4, 0.5) is 8.78 Å². The largest absolute Gasteiger partial charge is 0.489 e. The number of fused-ring (bicyclic) bond motifs is 2. The number of carbonyl (C=O) groups excluding carboxylic acids is 2. The third kappa shape index (κ3) is 13.6. The summed E-state index contributed by atoms with van der Waals surface area (Å²) < 4.78 is 49.9. The zero-order valence-corrected chi connectivity index (χ0v) is 42.5. The second kappa shape index (κ2) is 26.4. The summed E-state index contributed by atoms with van der Waals surface area (Å²) in [6, 6.07) is 40.4. The van der Waals surface area contributed by atoms with Crippen molar-refractivity contribution in [3.8, 4) is 11.5 Å². The number of halogens is 3. The molecule has 0 saturated heterocycles. The highest BCUT2D eigenvalue weighted by Crippen LogP contribution is 2.49.